The second-order valence-electron chi connectivity index (χ2n) is 10.1. The summed E-state index contributed by atoms with van der Waals surface area (Å²) < 4.78 is 0. The van der Waals surface area contributed by atoms with E-state index in [2.05, 4.69) is 27.7 Å². The Morgan fingerprint density at radius 2 is 0.463 bits per heavy atom. The normalized spacial score (nSPS) is 9.46. The first kappa shape index (κ1) is 49.2. The fraction of sp³-hybridized carbons (Fsp3) is 0.875. The minimum absolute atomic E-state index is 0. The van der Waals surface area contributed by atoms with Crippen LogP contribution in [0.15, 0.2) is 0 Å². The summed E-state index contributed by atoms with van der Waals surface area (Å²) in [6, 6.07) is 0. The largest absolute Gasteiger partial charge is 4.00 e. The first-order valence-corrected chi connectivity index (χ1v) is 15.9. The Hall–Kier alpha value is -1.50. The van der Waals surface area contributed by atoms with Crippen LogP contribution in [0.1, 0.15) is 182 Å². The summed E-state index contributed by atoms with van der Waals surface area (Å²) in [5, 5.41) is 39.7. The molecule has 0 aliphatic heterocycles. The Morgan fingerprint density at radius 1 is 0.317 bits per heavy atom. The zero-order chi connectivity index (χ0) is 31.3. The molecule has 0 aromatic rings. The Labute approximate surface area is 264 Å². The summed E-state index contributed by atoms with van der Waals surface area (Å²) in [6.07, 6.45) is 22.4. The smallest absolute Gasteiger partial charge is 0.550 e. The van der Waals surface area contributed by atoms with Gasteiger partial charge in [0.25, 0.3) is 0 Å². The van der Waals surface area contributed by atoms with Gasteiger partial charge in [0.2, 0.25) is 0 Å². The van der Waals surface area contributed by atoms with E-state index < -0.39 is 23.9 Å². The van der Waals surface area contributed by atoms with E-state index in [-0.39, 0.29) is 45.2 Å². The molecule has 244 valence electrons. The molecule has 0 rings (SSSR count). The van der Waals surface area contributed by atoms with E-state index in [9.17, 15) is 39.6 Å². The van der Waals surface area contributed by atoms with E-state index in [4.69, 9.17) is 0 Å². The van der Waals surface area contributed by atoms with E-state index in [1.54, 1.807) is 0 Å². The van der Waals surface area contributed by atoms with E-state index in [0.717, 1.165) is 77.0 Å². The number of aliphatic carboxylic acids is 4. The third-order valence-electron chi connectivity index (χ3n) is 5.94. The summed E-state index contributed by atoms with van der Waals surface area (Å²) in [5.41, 5.74) is 0. The number of hydrogen-bond donors (Lipinski definition) is 0. The molecular weight excluding hydrogens is 613 g/mol. The maximum atomic E-state index is 9.92. The van der Waals surface area contributed by atoms with Gasteiger partial charge in [-0.05, 0) is 51.4 Å². The zero-order valence-electron chi connectivity index (χ0n) is 26.6. The number of carbonyl (C=O) groups excluding carboxylic acids is 4. The van der Waals surface area contributed by atoms with Crippen molar-refractivity contribution >= 4 is 23.9 Å². The average molecular weight is 674 g/mol. The summed E-state index contributed by atoms with van der Waals surface area (Å²) in [6.45, 7) is 8.55. The molecule has 0 radical (unpaired) electrons. The fourth-order valence-corrected chi connectivity index (χ4v) is 3.49. The summed E-state index contributed by atoms with van der Waals surface area (Å²) >= 11 is 0. The van der Waals surface area contributed by atoms with Gasteiger partial charge in [0.05, 0.1) is 0 Å². The molecule has 0 N–H and O–H groups in total. The number of carboxylic acid groups (broad SMARTS) is 4. The minimum Gasteiger partial charge on any atom is -0.550 e. The molecule has 0 spiro atoms. The molecule has 9 heteroatoms. The van der Waals surface area contributed by atoms with Gasteiger partial charge < -0.3 is 39.6 Å². The van der Waals surface area contributed by atoms with Crippen molar-refractivity contribution < 1.29 is 59.1 Å². The van der Waals surface area contributed by atoms with Gasteiger partial charge in [0, 0.05) is 23.9 Å². The van der Waals surface area contributed by atoms with Crippen LogP contribution in [0.4, 0.5) is 0 Å². The predicted molar refractivity (Wildman–Crippen MR) is 154 cm³/mol. The number of carboxylic acids is 4. The van der Waals surface area contributed by atoms with Crippen LogP contribution in [0, 0.1) is 0 Å². The molecule has 0 aromatic carbocycles. The van der Waals surface area contributed by atoms with Gasteiger partial charge in [-0.3, -0.25) is 0 Å². The Balaban J connectivity index is -0.000000139. The molecule has 0 atom stereocenters. The van der Waals surface area contributed by atoms with Crippen molar-refractivity contribution in [1.82, 2.24) is 0 Å². The second kappa shape index (κ2) is 45.5. The van der Waals surface area contributed by atoms with Crippen molar-refractivity contribution in [3.05, 3.63) is 0 Å². The molecular formula is C32H60O8Ru. The average Bonchev–Trinajstić information content (AvgIpc) is 2.89. The van der Waals surface area contributed by atoms with Gasteiger partial charge in [-0.2, -0.15) is 0 Å². The molecule has 0 aliphatic carbocycles. The monoisotopic (exact) mass is 674 g/mol. The van der Waals surface area contributed by atoms with Crippen molar-refractivity contribution in [2.45, 2.75) is 182 Å². The van der Waals surface area contributed by atoms with Crippen molar-refractivity contribution in [3.63, 3.8) is 0 Å². The van der Waals surface area contributed by atoms with Gasteiger partial charge >= 0.3 is 19.5 Å². The quantitative estimate of drug-likeness (QED) is 0.108. The van der Waals surface area contributed by atoms with Crippen LogP contribution in [-0.2, 0) is 38.7 Å². The summed E-state index contributed by atoms with van der Waals surface area (Å²) in [4.78, 5) is 39.7. The van der Waals surface area contributed by atoms with Crippen molar-refractivity contribution in [3.8, 4) is 0 Å². The molecule has 0 bridgehead atoms. The summed E-state index contributed by atoms with van der Waals surface area (Å²) in [7, 11) is 0. The van der Waals surface area contributed by atoms with Gasteiger partial charge in [-0.25, -0.2) is 0 Å². The van der Waals surface area contributed by atoms with Crippen molar-refractivity contribution in [2.24, 2.45) is 0 Å². The van der Waals surface area contributed by atoms with Crippen LogP contribution in [-0.4, -0.2) is 23.9 Å². The molecule has 0 heterocycles. The second-order valence-corrected chi connectivity index (χ2v) is 10.1. The minimum atomic E-state index is -0.920. The van der Waals surface area contributed by atoms with Crippen molar-refractivity contribution in [2.75, 3.05) is 0 Å². The van der Waals surface area contributed by atoms with Crippen LogP contribution >= 0.6 is 0 Å². The standard InChI is InChI=1S/4C8H16O2.Ru/c4*1-2-3-4-5-6-7-8(9)10;/h4*2-7H2,1H3,(H,9,10);/q;;;;+4/p-4. The van der Waals surface area contributed by atoms with Gasteiger partial charge in [0.15, 0.2) is 0 Å². The first-order valence-electron chi connectivity index (χ1n) is 15.9. The van der Waals surface area contributed by atoms with Crippen molar-refractivity contribution in [1.29, 1.82) is 0 Å². The number of hydrogen-bond acceptors (Lipinski definition) is 8. The van der Waals surface area contributed by atoms with E-state index in [1.165, 1.54) is 51.4 Å². The van der Waals surface area contributed by atoms with Crippen LogP contribution in [0.2, 0.25) is 0 Å². The van der Waals surface area contributed by atoms with E-state index in [0.29, 0.717) is 0 Å². The summed E-state index contributed by atoms with van der Waals surface area (Å²) in [5.74, 6) is -3.68. The van der Waals surface area contributed by atoms with E-state index in [1.807, 2.05) is 0 Å². The molecule has 0 saturated carbocycles. The molecule has 0 saturated heterocycles. The number of carbonyl (C=O) groups is 4. The van der Waals surface area contributed by atoms with Gasteiger partial charge in [-0.15, -0.1) is 0 Å². The first-order chi connectivity index (χ1) is 19.1. The SMILES string of the molecule is CCCCCCCC(=O)[O-].CCCCCCCC(=O)[O-].CCCCCCCC(=O)[O-].CCCCCCCC(=O)[O-].[Ru+4]. The molecule has 8 nitrogen and oxygen atoms in total. The zero-order valence-corrected chi connectivity index (χ0v) is 28.3. The molecule has 0 aromatic heterocycles. The maximum absolute atomic E-state index is 9.92. The van der Waals surface area contributed by atoms with Crippen LogP contribution < -0.4 is 20.4 Å². The number of rotatable bonds is 24. The van der Waals surface area contributed by atoms with Crippen LogP contribution in [0.5, 0.6) is 0 Å². The Morgan fingerprint density at radius 3 is 0.585 bits per heavy atom. The molecule has 0 amide bonds. The van der Waals surface area contributed by atoms with Crippen LogP contribution in [0.3, 0.4) is 0 Å². The molecule has 41 heavy (non-hydrogen) atoms. The third-order valence-corrected chi connectivity index (χ3v) is 5.94. The predicted octanol–water partition coefficient (Wildman–Crippen LogP) is 4.38. The third kappa shape index (κ3) is 73.0. The van der Waals surface area contributed by atoms with Crippen LogP contribution in [0.25, 0.3) is 0 Å². The van der Waals surface area contributed by atoms with E-state index >= 15 is 0 Å². The molecule has 0 aliphatic rings. The van der Waals surface area contributed by atoms with Gasteiger partial charge in [0.1, 0.15) is 0 Å². The fourth-order valence-electron chi connectivity index (χ4n) is 3.49. The Bertz CT molecular complexity index is 460. The maximum Gasteiger partial charge on any atom is 4.00 e. The molecule has 0 fully saturated rings. The Kier molecular flexibility index (Phi) is 54.6. The molecule has 0 unspecified atom stereocenters. The van der Waals surface area contributed by atoms with Gasteiger partial charge in [-0.1, -0.05) is 130 Å². The number of unbranched alkanes of at least 4 members (excludes halogenated alkanes) is 16. The topological polar surface area (TPSA) is 161 Å².